The van der Waals surface area contributed by atoms with Crippen LogP contribution in [0.2, 0.25) is 0 Å². The Morgan fingerprint density at radius 3 is 3.15 bits per heavy atom. The Kier molecular flexibility index (Phi) is 3.41. The van der Waals surface area contributed by atoms with Gasteiger partial charge in [-0.3, -0.25) is 4.79 Å². The lowest BCUT2D eigenvalue weighted by atomic mass is 10.3. The van der Waals surface area contributed by atoms with Crippen molar-refractivity contribution in [3.63, 3.8) is 0 Å². The molecule has 1 aromatic heterocycles. The Balaban J connectivity index is 2.45. The largest absolute Gasteiger partial charge is 0.350 e. The van der Waals surface area contributed by atoms with Gasteiger partial charge in [-0.25, -0.2) is 0 Å². The topological polar surface area (TPSA) is 65.8 Å². The molecule has 5 heteroatoms. The maximum absolute atomic E-state index is 11.3. The Labute approximate surface area is 80.4 Å². The number of amides is 1. The second-order valence-corrected chi connectivity index (χ2v) is 3.50. The highest BCUT2D eigenvalue weighted by atomic mass is 32.1. The molecule has 1 rings (SSSR count). The summed E-state index contributed by atoms with van der Waals surface area (Å²) in [4.78, 5) is 12.3. The summed E-state index contributed by atoms with van der Waals surface area (Å²) < 4.78 is 3.94. The normalized spacial score (nSPS) is 9.23. The second kappa shape index (κ2) is 4.58. The Hall–Kier alpha value is -1.41. The van der Waals surface area contributed by atoms with Gasteiger partial charge < -0.3 is 5.32 Å². The number of aryl methyl sites for hydroxylation is 1. The fourth-order valence-electron chi connectivity index (χ4n) is 0.796. The van der Waals surface area contributed by atoms with Crippen molar-refractivity contribution >= 4 is 17.4 Å². The standard InChI is InChI=1S/C8H9N3OS/c1-6-5-7(11-13-6)8(12)10-4-2-3-9/h5H,2,4H2,1H3,(H,10,12). The molecule has 0 bridgehead atoms. The fraction of sp³-hybridized carbons (Fsp3) is 0.375. The fourth-order valence-corrected chi connectivity index (χ4v) is 1.34. The highest BCUT2D eigenvalue weighted by molar-refractivity contribution is 7.05. The summed E-state index contributed by atoms with van der Waals surface area (Å²) in [6.45, 7) is 2.27. The molecule has 1 amide bonds. The average Bonchev–Trinajstić information content (AvgIpc) is 2.52. The first-order valence-electron chi connectivity index (χ1n) is 3.82. The molecular weight excluding hydrogens is 186 g/mol. The van der Waals surface area contributed by atoms with Crippen molar-refractivity contribution in [2.24, 2.45) is 0 Å². The maximum Gasteiger partial charge on any atom is 0.271 e. The molecule has 0 atom stereocenters. The van der Waals surface area contributed by atoms with E-state index in [1.165, 1.54) is 11.5 Å². The van der Waals surface area contributed by atoms with Crippen LogP contribution in [0.3, 0.4) is 0 Å². The molecule has 0 saturated carbocycles. The Morgan fingerprint density at radius 2 is 2.62 bits per heavy atom. The van der Waals surface area contributed by atoms with E-state index in [0.29, 0.717) is 18.7 Å². The number of hydrogen-bond donors (Lipinski definition) is 1. The average molecular weight is 195 g/mol. The summed E-state index contributed by atoms with van der Waals surface area (Å²) in [7, 11) is 0. The highest BCUT2D eigenvalue weighted by Gasteiger charge is 2.07. The Bertz CT molecular complexity index is 339. The first-order valence-corrected chi connectivity index (χ1v) is 4.60. The molecule has 68 valence electrons. The Morgan fingerprint density at radius 1 is 1.85 bits per heavy atom. The van der Waals surface area contributed by atoms with Crippen LogP contribution < -0.4 is 5.32 Å². The van der Waals surface area contributed by atoms with Crippen LogP contribution in [0.25, 0.3) is 0 Å². The molecule has 1 heterocycles. The molecule has 0 saturated heterocycles. The molecular formula is C8H9N3OS. The molecule has 0 fully saturated rings. The number of carbonyl (C=O) groups excluding carboxylic acids is 1. The van der Waals surface area contributed by atoms with Crippen molar-refractivity contribution in [2.75, 3.05) is 6.54 Å². The predicted octanol–water partition coefficient (Wildman–Crippen LogP) is 1.09. The van der Waals surface area contributed by atoms with Crippen molar-refractivity contribution in [2.45, 2.75) is 13.3 Å². The van der Waals surface area contributed by atoms with Crippen LogP contribution in [0.15, 0.2) is 6.07 Å². The van der Waals surface area contributed by atoms with Crippen LogP contribution in [-0.4, -0.2) is 16.8 Å². The van der Waals surface area contributed by atoms with Gasteiger partial charge in [-0.15, -0.1) is 0 Å². The second-order valence-electron chi connectivity index (χ2n) is 2.49. The molecule has 0 aliphatic heterocycles. The van der Waals surface area contributed by atoms with Crippen LogP contribution in [0, 0.1) is 18.3 Å². The van der Waals surface area contributed by atoms with Crippen molar-refractivity contribution in [3.05, 3.63) is 16.6 Å². The van der Waals surface area contributed by atoms with Gasteiger partial charge in [0, 0.05) is 11.4 Å². The van der Waals surface area contributed by atoms with Crippen LogP contribution in [-0.2, 0) is 0 Å². The first-order chi connectivity index (χ1) is 6.24. The van der Waals surface area contributed by atoms with Crippen LogP contribution in [0.4, 0.5) is 0 Å². The summed E-state index contributed by atoms with van der Waals surface area (Å²) in [6.07, 6.45) is 0.328. The summed E-state index contributed by atoms with van der Waals surface area (Å²) in [5.74, 6) is -0.209. The van der Waals surface area contributed by atoms with E-state index in [-0.39, 0.29) is 5.91 Å². The van der Waals surface area contributed by atoms with Gasteiger partial charge in [0.1, 0.15) is 5.69 Å². The molecule has 4 nitrogen and oxygen atoms in total. The molecule has 1 aromatic rings. The van der Waals surface area contributed by atoms with Gasteiger partial charge in [-0.2, -0.15) is 9.64 Å². The van der Waals surface area contributed by atoms with Gasteiger partial charge >= 0.3 is 0 Å². The SMILES string of the molecule is Cc1cc(C(=O)NCCC#N)ns1. The zero-order valence-electron chi connectivity index (χ0n) is 7.20. The summed E-state index contributed by atoms with van der Waals surface area (Å²) in [5.41, 5.74) is 0.431. The zero-order chi connectivity index (χ0) is 9.68. The molecule has 0 aliphatic rings. The smallest absolute Gasteiger partial charge is 0.271 e. The van der Waals surface area contributed by atoms with Gasteiger partial charge in [0.25, 0.3) is 5.91 Å². The van der Waals surface area contributed by atoms with Gasteiger partial charge in [0.2, 0.25) is 0 Å². The number of nitrogens with one attached hydrogen (secondary N) is 1. The van der Waals surface area contributed by atoms with E-state index >= 15 is 0 Å². The first kappa shape index (κ1) is 9.68. The van der Waals surface area contributed by atoms with E-state index in [0.717, 1.165) is 4.88 Å². The minimum absolute atomic E-state index is 0.209. The lowest BCUT2D eigenvalue weighted by Gasteiger charge is -1.97. The lowest BCUT2D eigenvalue weighted by molar-refractivity contribution is 0.0950. The summed E-state index contributed by atoms with van der Waals surface area (Å²) >= 11 is 1.30. The van der Waals surface area contributed by atoms with Crippen molar-refractivity contribution in [1.29, 1.82) is 5.26 Å². The third kappa shape index (κ3) is 2.84. The number of nitrogens with zero attached hydrogens (tertiary/aromatic N) is 2. The minimum Gasteiger partial charge on any atom is -0.350 e. The summed E-state index contributed by atoms with van der Waals surface area (Å²) in [5, 5.41) is 10.8. The minimum atomic E-state index is -0.209. The van der Waals surface area contributed by atoms with E-state index < -0.39 is 0 Å². The van der Waals surface area contributed by atoms with Crippen LogP contribution in [0.1, 0.15) is 21.8 Å². The zero-order valence-corrected chi connectivity index (χ0v) is 8.02. The van der Waals surface area contributed by atoms with Gasteiger partial charge in [-0.1, -0.05) is 0 Å². The highest BCUT2D eigenvalue weighted by Crippen LogP contribution is 2.07. The third-order valence-electron chi connectivity index (χ3n) is 1.38. The van der Waals surface area contributed by atoms with E-state index in [4.69, 9.17) is 5.26 Å². The number of nitriles is 1. The molecule has 0 radical (unpaired) electrons. The molecule has 0 spiro atoms. The monoisotopic (exact) mass is 195 g/mol. The van der Waals surface area contributed by atoms with Crippen LogP contribution in [0.5, 0.6) is 0 Å². The molecule has 0 aromatic carbocycles. The van der Waals surface area contributed by atoms with E-state index in [1.807, 2.05) is 13.0 Å². The predicted molar refractivity (Wildman–Crippen MR) is 49.4 cm³/mol. The number of rotatable bonds is 3. The maximum atomic E-state index is 11.3. The number of aromatic nitrogens is 1. The quantitative estimate of drug-likeness (QED) is 0.734. The van der Waals surface area contributed by atoms with E-state index in [9.17, 15) is 4.79 Å². The lowest BCUT2D eigenvalue weighted by Crippen LogP contribution is -2.24. The van der Waals surface area contributed by atoms with Crippen molar-refractivity contribution in [1.82, 2.24) is 9.69 Å². The summed E-state index contributed by atoms with van der Waals surface area (Å²) in [6, 6.07) is 3.68. The molecule has 1 N–H and O–H groups in total. The van der Waals surface area contributed by atoms with Crippen molar-refractivity contribution in [3.8, 4) is 6.07 Å². The van der Waals surface area contributed by atoms with Crippen molar-refractivity contribution < 1.29 is 4.79 Å². The van der Waals surface area contributed by atoms with E-state index in [2.05, 4.69) is 9.69 Å². The number of hydrogen-bond acceptors (Lipinski definition) is 4. The number of carbonyl (C=O) groups is 1. The van der Waals surface area contributed by atoms with E-state index in [1.54, 1.807) is 6.07 Å². The third-order valence-corrected chi connectivity index (χ3v) is 2.08. The van der Waals surface area contributed by atoms with Gasteiger partial charge in [-0.05, 0) is 24.5 Å². The van der Waals surface area contributed by atoms with Gasteiger partial charge in [0.15, 0.2) is 0 Å². The van der Waals surface area contributed by atoms with Gasteiger partial charge in [0.05, 0.1) is 12.5 Å². The molecule has 13 heavy (non-hydrogen) atoms. The van der Waals surface area contributed by atoms with Crippen LogP contribution >= 0.6 is 11.5 Å². The molecule has 0 aliphatic carbocycles. The molecule has 0 unspecified atom stereocenters.